The predicted octanol–water partition coefficient (Wildman–Crippen LogP) is 5.65. The molecular weight excluding hydrogens is 528 g/mol. The van der Waals surface area contributed by atoms with Gasteiger partial charge in [0, 0.05) is 30.8 Å². The second-order valence-corrected chi connectivity index (χ2v) is 10.9. The van der Waals surface area contributed by atoms with E-state index in [1.54, 1.807) is 29.3 Å². The summed E-state index contributed by atoms with van der Waals surface area (Å²) in [7, 11) is 0. The van der Waals surface area contributed by atoms with Crippen LogP contribution in [0.2, 0.25) is 0 Å². The molecule has 0 radical (unpaired) electrons. The lowest BCUT2D eigenvalue weighted by Crippen LogP contribution is -2.38. The summed E-state index contributed by atoms with van der Waals surface area (Å²) in [6.07, 6.45) is 4.35. The van der Waals surface area contributed by atoms with E-state index in [1.807, 2.05) is 44.2 Å². The number of aromatic nitrogens is 2. The second-order valence-electron chi connectivity index (χ2n) is 9.85. The van der Waals surface area contributed by atoms with E-state index >= 15 is 0 Å². The Morgan fingerprint density at radius 1 is 1.07 bits per heavy atom. The van der Waals surface area contributed by atoms with E-state index in [-0.39, 0.29) is 23.9 Å². The molecule has 4 amide bonds. The fraction of sp³-hybridized carbons (Fsp3) is 0.276. The van der Waals surface area contributed by atoms with Gasteiger partial charge in [0.2, 0.25) is 11.8 Å². The van der Waals surface area contributed by atoms with Gasteiger partial charge < -0.3 is 20.7 Å². The minimum Gasteiger partial charge on any atom is -0.439 e. The van der Waals surface area contributed by atoms with E-state index in [1.165, 1.54) is 11.3 Å². The predicted molar refractivity (Wildman–Crippen MR) is 154 cm³/mol. The number of nitrogens with one attached hydrogen (secondary N) is 3. The standard InChI is InChI=1S/C29H28N6O4S/c1-3-22(36)32-17-9-10-18(15-17)33-27(37)26-25-24-21(13-14-30-28(24)40-26)35(29(38)34-25)20-11-12-23(31-16(20)2)39-19-7-5-4-6-8-19/h4-8,11-14,17-18H,3,9-10,15H2,1-2H3,(H,32,36)(H,33,37)(H,34,38)/t17-,18-/m0/s1. The Morgan fingerprint density at radius 3 is 2.60 bits per heavy atom. The van der Waals surface area contributed by atoms with Gasteiger partial charge in [0.1, 0.15) is 15.5 Å². The summed E-state index contributed by atoms with van der Waals surface area (Å²) < 4.78 is 5.85. The summed E-state index contributed by atoms with van der Waals surface area (Å²) in [5.74, 6) is 0.843. The molecule has 0 unspecified atom stereocenters. The first-order chi connectivity index (χ1) is 19.4. The molecule has 1 aliphatic heterocycles. The van der Waals surface area contributed by atoms with Crippen LogP contribution in [-0.4, -0.2) is 39.9 Å². The number of anilines is 3. The molecule has 2 aliphatic rings. The van der Waals surface area contributed by atoms with Crippen molar-refractivity contribution >= 4 is 56.5 Å². The zero-order valence-corrected chi connectivity index (χ0v) is 22.9. The van der Waals surface area contributed by atoms with Crippen LogP contribution >= 0.6 is 11.3 Å². The maximum atomic E-state index is 13.5. The van der Waals surface area contributed by atoms with E-state index in [2.05, 4.69) is 25.9 Å². The van der Waals surface area contributed by atoms with Gasteiger partial charge in [0.25, 0.3) is 5.91 Å². The van der Waals surface area contributed by atoms with Crippen molar-refractivity contribution in [1.29, 1.82) is 0 Å². The van der Waals surface area contributed by atoms with Crippen LogP contribution < -0.4 is 25.6 Å². The lowest BCUT2D eigenvalue weighted by Gasteiger charge is -2.29. The van der Waals surface area contributed by atoms with Gasteiger partial charge in [-0.3, -0.25) is 14.5 Å². The van der Waals surface area contributed by atoms with Crippen LogP contribution in [0.3, 0.4) is 0 Å². The van der Waals surface area contributed by atoms with Crippen LogP contribution in [0.1, 0.15) is 48.0 Å². The minimum absolute atomic E-state index is 0.0144. The SMILES string of the molecule is CCC(=O)N[C@H]1CC[C@H](NC(=O)c2sc3nccc4c3c2NC(=O)N4c2ccc(Oc3ccccc3)nc2C)C1. The van der Waals surface area contributed by atoms with Gasteiger partial charge in [-0.15, -0.1) is 11.3 Å². The Bertz CT molecular complexity index is 1620. The second kappa shape index (κ2) is 10.6. The van der Waals surface area contributed by atoms with Gasteiger partial charge >= 0.3 is 6.03 Å². The minimum atomic E-state index is -0.391. The summed E-state index contributed by atoms with van der Waals surface area (Å²) in [6.45, 7) is 3.64. The van der Waals surface area contributed by atoms with E-state index < -0.39 is 6.03 Å². The van der Waals surface area contributed by atoms with Gasteiger partial charge in [-0.05, 0) is 50.5 Å². The molecule has 0 bridgehead atoms. The highest BCUT2D eigenvalue weighted by Crippen LogP contribution is 2.46. The third-order valence-electron chi connectivity index (χ3n) is 7.15. The smallest absolute Gasteiger partial charge is 0.331 e. The van der Waals surface area contributed by atoms with Crippen molar-refractivity contribution in [2.45, 2.75) is 51.6 Å². The Morgan fingerprint density at radius 2 is 1.85 bits per heavy atom. The quantitative estimate of drug-likeness (QED) is 0.270. The Kier molecular flexibility index (Phi) is 6.81. The normalized spacial score (nSPS) is 17.9. The average Bonchev–Trinajstić information content (AvgIpc) is 3.55. The summed E-state index contributed by atoms with van der Waals surface area (Å²) in [4.78, 5) is 50.3. The van der Waals surface area contributed by atoms with Crippen LogP contribution in [-0.2, 0) is 4.79 Å². The van der Waals surface area contributed by atoms with Crippen molar-refractivity contribution in [1.82, 2.24) is 20.6 Å². The van der Waals surface area contributed by atoms with Crippen LogP contribution in [0.5, 0.6) is 11.6 Å². The number of benzene rings is 1. The van der Waals surface area contributed by atoms with E-state index in [0.717, 1.165) is 12.8 Å². The Labute approximate surface area is 234 Å². The Hall–Kier alpha value is -4.51. The van der Waals surface area contributed by atoms with Gasteiger partial charge in [-0.1, -0.05) is 25.1 Å². The number of para-hydroxylation sites is 1. The number of hydrogen-bond acceptors (Lipinski definition) is 7. The van der Waals surface area contributed by atoms with Crippen molar-refractivity contribution in [2.75, 3.05) is 10.2 Å². The third-order valence-corrected chi connectivity index (χ3v) is 8.24. The fourth-order valence-corrected chi connectivity index (χ4v) is 6.26. The molecule has 0 spiro atoms. The summed E-state index contributed by atoms with van der Waals surface area (Å²) in [5.41, 5.74) is 2.30. The average molecular weight is 557 g/mol. The molecule has 1 aromatic carbocycles. The largest absolute Gasteiger partial charge is 0.439 e. The summed E-state index contributed by atoms with van der Waals surface area (Å²) in [5, 5.41) is 9.74. The number of rotatable bonds is 7. The number of carbonyl (C=O) groups is 3. The molecule has 40 heavy (non-hydrogen) atoms. The maximum Gasteiger partial charge on any atom is 0.331 e. The molecule has 204 valence electrons. The number of amides is 4. The number of pyridine rings is 2. The molecule has 1 fully saturated rings. The molecule has 10 nitrogen and oxygen atoms in total. The highest BCUT2D eigenvalue weighted by molar-refractivity contribution is 7.21. The highest BCUT2D eigenvalue weighted by Gasteiger charge is 2.35. The molecule has 4 heterocycles. The van der Waals surface area contributed by atoms with Crippen molar-refractivity contribution in [3.63, 3.8) is 0 Å². The van der Waals surface area contributed by atoms with E-state index in [0.29, 0.717) is 62.3 Å². The lowest BCUT2D eigenvalue weighted by molar-refractivity contribution is -0.121. The van der Waals surface area contributed by atoms with Crippen molar-refractivity contribution < 1.29 is 19.1 Å². The van der Waals surface area contributed by atoms with Gasteiger partial charge in [-0.25, -0.2) is 14.8 Å². The van der Waals surface area contributed by atoms with Gasteiger partial charge in [0.05, 0.1) is 28.1 Å². The fourth-order valence-electron chi connectivity index (χ4n) is 5.24. The van der Waals surface area contributed by atoms with E-state index in [9.17, 15) is 14.4 Å². The molecule has 1 aliphatic carbocycles. The van der Waals surface area contributed by atoms with Crippen LogP contribution in [0, 0.1) is 6.92 Å². The molecule has 6 rings (SSSR count). The Balaban J connectivity index is 1.26. The molecule has 11 heteroatoms. The zero-order chi connectivity index (χ0) is 27.8. The van der Waals surface area contributed by atoms with Crippen molar-refractivity contribution in [3.8, 4) is 11.6 Å². The first kappa shape index (κ1) is 25.8. The number of aryl methyl sites for hydroxylation is 1. The number of urea groups is 1. The maximum absolute atomic E-state index is 13.5. The first-order valence-electron chi connectivity index (χ1n) is 13.2. The molecule has 3 N–H and O–H groups in total. The van der Waals surface area contributed by atoms with E-state index in [4.69, 9.17) is 4.74 Å². The van der Waals surface area contributed by atoms with Crippen molar-refractivity contribution in [3.05, 3.63) is 65.3 Å². The first-order valence-corrected chi connectivity index (χ1v) is 14.1. The monoisotopic (exact) mass is 556 g/mol. The number of carbonyl (C=O) groups excluding carboxylic acids is 3. The summed E-state index contributed by atoms with van der Waals surface area (Å²) in [6, 6.07) is 14.3. The zero-order valence-electron chi connectivity index (χ0n) is 22.1. The number of thiophene rings is 1. The number of ether oxygens (including phenoxy) is 1. The van der Waals surface area contributed by atoms with Gasteiger partial charge in [0.15, 0.2) is 0 Å². The molecule has 0 saturated heterocycles. The third kappa shape index (κ3) is 4.84. The topological polar surface area (TPSA) is 126 Å². The molecule has 2 atom stereocenters. The highest BCUT2D eigenvalue weighted by atomic mass is 32.1. The van der Waals surface area contributed by atoms with Crippen LogP contribution in [0.25, 0.3) is 10.2 Å². The molecule has 1 saturated carbocycles. The lowest BCUT2D eigenvalue weighted by atomic mass is 10.1. The number of hydrogen-bond donors (Lipinski definition) is 3. The molecule has 4 aromatic rings. The van der Waals surface area contributed by atoms with Crippen LogP contribution in [0.4, 0.5) is 21.9 Å². The van der Waals surface area contributed by atoms with Crippen molar-refractivity contribution in [2.24, 2.45) is 0 Å². The summed E-state index contributed by atoms with van der Waals surface area (Å²) >= 11 is 1.25. The van der Waals surface area contributed by atoms with Gasteiger partial charge in [-0.2, -0.15) is 0 Å². The molecular formula is C29H28N6O4S. The molecule has 3 aromatic heterocycles. The number of nitrogens with zero attached hydrogens (tertiary/aromatic N) is 3. The van der Waals surface area contributed by atoms with Crippen LogP contribution in [0.15, 0.2) is 54.7 Å².